The van der Waals surface area contributed by atoms with Gasteiger partial charge < -0.3 is 14.5 Å². The third-order valence-electron chi connectivity index (χ3n) is 5.09. The molecule has 3 rings (SSSR count). The van der Waals surface area contributed by atoms with E-state index in [0.29, 0.717) is 25.3 Å². The van der Waals surface area contributed by atoms with Gasteiger partial charge in [-0.05, 0) is 42.0 Å². The predicted molar refractivity (Wildman–Crippen MR) is 112 cm³/mol. The van der Waals surface area contributed by atoms with Crippen LogP contribution in [0.2, 0.25) is 0 Å². The van der Waals surface area contributed by atoms with Gasteiger partial charge in [-0.1, -0.05) is 19.9 Å². The minimum atomic E-state index is -0.358. The van der Waals surface area contributed by atoms with Crippen LogP contribution in [0.3, 0.4) is 0 Å². The highest BCUT2D eigenvalue weighted by Crippen LogP contribution is 2.34. The van der Waals surface area contributed by atoms with Crippen LogP contribution in [0.1, 0.15) is 43.2 Å². The molecule has 1 aliphatic heterocycles. The molecule has 156 valence electrons. The number of fused-ring (bicyclic) bond motifs is 1. The van der Waals surface area contributed by atoms with Crippen LogP contribution in [0.4, 0.5) is 4.39 Å². The van der Waals surface area contributed by atoms with Crippen molar-refractivity contribution in [2.45, 2.75) is 39.2 Å². The Morgan fingerprint density at radius 3 is 2.86 bits per heavy atom. The molecule has 0 aliphatic carbocycles. The van der Waals surface area contributed by atoms with E-state index in [1.165, 1.54) is 17.0 Å². The standard InChI is InChI=1S/C22H27FN2O3S/c1-3-10-24(21(26)4-2)14-22(27)25-11-8-20-18(9-12-29-20)19(25)15-28-17-7-5-6-16(23)13-17/h5-7,9,12-13,19H,3-4,8,10-11,14-15H2,1-2H3. The molecule has 0 saturated heterocycles. The zero-order chi connectivity index (χ0) is 20.8. The van der Waals surface area contributed by atoms with Gasteiger partial charge in [-0.25, -0.2) is 4.39 Å². The summed E-state index contributed by atoms with van der Waals surface area (Å²) in [6.45, 7) is 5.29. The number of ether oxygens (including phenoxy) is 1. The van der Waals surface area contributed by atoms with E-state index < -0.39 is 0 Å². The van der Waals surface area contributed by atoms with Gasteiger partial charge >= 0.3 is 0 Å². The van der Waals surface area contributed by atoms with Crippen molar-refractivity contribution in [1.29, 1.82) is 0 Å². The SMILES string of the molecule is CCCN(CC(=O)N1CCc2sccc2C1COc1cccc(F)c1)C(=O)CC. The minimum absolute atomic E-state index is 0.0130. The largest absolute Gasteiger partial charge is 0.491 e. The van der Waals surface area contributed by atoms with Crippen LogP contribution in [0, 0.1) is 5.82 Å². The molecule has 0 spiro atoms. The fourth-order valence-electron chi connectivity index (χ4n) is 3.65. The van der Waals surface area contributed by atoms with Gasteiger partial charge in [0.05, 0.1) is 12.6 Å². The summed E-state index contributed by atoms with van der Waals surface area (Å²) in [7, 11) is 0. The lowest BCUT2D eigenvalue weighted by Crippen LogP contribution is -2.47. The smallest absolute Gasteiger partial charge is 0.242 e. The summed E-state index contributed by atoms with van der Waals surface area (Å²) in [5.41, 5.74) is 1.08. The minimum Gasteiger partial charge on any atom is -0.491 e. The predicted octanol–water partition coefficient (Wildman–Crippen LogP) is 4.04. The van der Waals surface area contributed by atoms with E-state index in [-0.39, 0.29) is 36.8 Å². The number of benzene rings is 1. The molecule has 0 fully saturated rings. The summed E-state index contributed by atoms with van der Waals surface area (Å²) in [6, 6.07) is 7.79. The molecule has 1 aromatic carbocycles. The molecule has 5 nitrogen and oxygen atoms in total. The molecule has 0 radical (unpaired) electrons. The first-order chi connectivity index (χ1) is 14.0. The highest BCUT2D eigenvalue weighted by atomic mass is 32.1. The van der Waals surface area contributed by atoms with Gasteiger partial charge in [0, 0.05) is 30.5 Å². The lowest BCUT2D eigenvalue weighted by molar-refractivity contribution is -0.142. The van der Waals surface area contributed by atoms with Gasteiger partial charge in [0.2, 0.25) is 11.8 Å². The second kappa shape index (κ2) is 9.87. The second-order valence-electron chi connectivity index (χ2n) is 7.09. The Hall–Kier alpha value is -2.41. The Balaban J connectivity index is 1.76. The first-order valence-electron chi connectivity index (χ1n) is 10.0. The van der Waals surface area contributed by atoms with Crippen LogP contribution < -0.4 is 4.74 Å². The number of hydrogen-bond acceptors (Lipinski definition) is 4. The number of thiophene rings is 1. The Kier molecular flexibility index (Phi) is 7.25. The molecule has 0 N–H and O–H groups in total. The summed E-state index contributed by atoms with van der Waals surface area (Å²) in [4.78, 5) is 30.0. The van der Waals surface area contributed by atoms with Crippen molar-refractivity contribution < 1.29 is 18.7 Å². The van der Waals surface area contributed by atoms with Crippen LogP contribution in [-0.2, 0) is 16.0 Å². The van der Waals surface area contributed by atoms with Crippen LogP contribution in [0.15, 0.2) is 35.7 Å². The van der Waals surface area contributed by atoms with E-state index in [9.17, 15) is 14.0 Å². The molecule has 1 atom stereocenters. The average molecular weight is 419 g/mol. The Labute approximate surface area is 175 Å². The molecule has 29 heavy (non-hydrogen) atoms. The van der Waals surface area contributed by atoms with Crippen molar-refractivity contribution in [1.82, 2.24) is 9.80 Å². The highest BCUT2D eigenvalue weighted by molar-refractivity contribution is 7.10. The molecule has 1 aromatic heterocycles. The van der Waals surface area contributed by atoms with Crippen molar-refractivity contribution in [2.75, 3.05) is 26.2 Å². The van der Waals surface area contributed by atoms with Crippen molar-refractivity contribution in [3.63, 3.8) is 0 Å². The van der Waals surface area contributed by atoms with Crippen molar-refractivity contribution >= 4 is 23.2 Å². The molecule has 0 saturated carbocycles. The number of amides is 2. The zero-order valence-corrected chi connectivity index (χ0v) is 17.7. The van der Waals surface area contributed by atoms with Crippen LogP contribution >= 0.6 is 11.3 Å². The summed E-state index contributed by atoms with van der Waals surface area (Å²) >= 11 is 1.68. The monoisotopic (exact) mass is 418 g/mol. The summed E-state index contributed by atoms with van der Waals surface area (Å²) < 4.78 is 19.3. The topological polar surface area (TPSA) is 49.9 Å². The third kappa shape index (κ3) is 5.15. The van der Waals surface area contributed by atoms with Gasteiger partial charge in [0.15, 0.2) is 0 Å². The fourth-order valence-corrected chi connectivity index (χ4v) is 4.57. The first-order valence-corrected chi connectivity index (χ1v) is 10.9. The third-order valence-corrected chi connectivity index (χ3v) is 6.09. The highest BCUT2D eigenvalue weighted by Gasteiger charge is 2.33. The van der Waals surface area contributed by atoms with E-state index in [1.54, 1.807) is 33.3 Å². The maximum absolute atomic E-state index is 13.5. The molecule has 2 amide bonds. The van der Waals surface area contributed by atoms with Gasteiger partial charge in [-0.3, -0.25) is 9.59 Å². The van der Waals surface area contributed by atoms with Crippen LogP contribution in [0.25, 0.3) is 0 Å². The Morgan fingerprint density at radius 1 is 1.31 bits per heavy atom. The van der Waals surface area contributed by atoms with Crippen molar-refractivity contribution in [3.05, 3.63) is 52.0 Å². The quantitative estimate of drug-likeness (QED) is 0.650. The maximum Gasteiger partial charge on any atom is 0.242 e. The molecule has 2 aromatic rings. The normalized spacial score (nSPS) is 15.7. The Morgan fingerprint density at radius 2 is 2.14 bits per heavy atom. The molecular weight excluding hydrogens is 391 g/mol. The van der Waals surface area contributed by atoms with E-state index in [0.717, 1.165) is 18.4 Å². The lowest BCUT2D eigenvalue weighted by atomic mass is 10.0. The Bertz CT molecular complexity index is 854. The second-order valence-corrected chi connectivity index (χ2v) is 8.09. The molecule has 7 heteroatoms. The van der Waals surface area contributed by atoms with Crippen molar-refractivity contribution in [3.8, 4) is 5.75 Å². The average Bonchev–Trinajstić information content (AvgIpc) is 3.20. The lowest BCUT2D eigenvalue weighted by Gasteiger charge is -2.37. The summed E-state index contributed by atoms with van der Waals surface area (Å²) in [5.74, 6) is -0.0111. The summed E-state index contributed by atoms with van der Waals surface area (Å²) in [6.07, 6.45) is 1.98. The molecule has 0 bridgehead atoms. The first kappa shape index (κ1) is 21.3. The number of hydrogen-bond donors (Lipinski definition) is 0. The molecule has 1 aliphatic rings. The van der Waals surface area contributed by atoms with Crippen LogP contribution in [-0.4, -0.2) is 47.9 Å². The van der Waals surface area contributed by atoms with E-state index in [1.807, 2.05) is 25.3 Å². The van der Waals surface area contributed by atoms with E-state index in [2.05, 4.69) is 0 Å². The van der Waals surface area contributed by atoms with E-state index in [4.69, 9.17) is 4.74 Å². The number of rotatable bonds is 8. The fraction of sp³-hybridized carbons (Fsp3) is 0.455. The number of halogens is 1. The summed E-state index contributed by atoms with van der Waals surface area (Å²) in [5, 5.41) is 2.03. The number of carbonyl (C=O) groups excluding carboxylic acids is 2. The van der Waals surface area contributed by atoms with Gasteiger partial charge in [-0.15, -0.1) is 11.3 Å². The van der Waals surface area contributed by atoms with Gasteiger partial charge in [0.1, 0.15) is 18.2 Å². The van der Waals surface area contributed by atoms with Crippen LogP contribution in [0.5, 0.6) is 5.75 Å². The number of carbonyl (C=O) groups is 2. The molecule has 1 unspecified atom stereocenters. The van der Waals surface area contributed by atoms with Gasteiger partial charge in [-0.2, -0.15) is 0 Å². The van der Waals surface area contributed by atoms with Gasteiger partial charge in [0.25, 0.3) is 0 Å². The van der Waals surface area contributed by atoms with E-state index >= 15 is 0 Å². The molecular formula is C22H27FN2O3S. The van der Waals surface area contributed by atoms with Crippen molar-refractivity contribution in [2.24, 2.45) is 0 Å². The maximum atomic E-state index is 13.5. The zero-order valence-electron chi connectivity index (χ0n) is 16.9. The number of nitrogens with zero attached hydrogens (tertiary/aromatic N) is 2. The molecule has 2 heterocycles.